The minimum atomic E-state index is -0.446. The summed E-state index contributed by atoms with van der Waals surface area (Å²) in [7, 11) is 0. The summed E-state index contributed by atoms with van der Waals surface area (Å²) >= 11 is 0. The number of nitrogens with zero attached hydrogens (tertiary/aromatic N) is 1. The van der Waals surface area contributed by atoms with Crippen molar-refractivity contribution in [3.63, 3.8) is 0 Å². The molecule has 0 aromatic carbocycles. The van der Waals surface area contributed by atoms with Gasteiger partial charge in [-0.25, -0.2) is 0 Å². The lowest BCUT2D eigenvalue weighted by Crippen LogP contribution is -2.72. The number of aliphatic hydroxyl groups excluding tert-OH is 2. The van der Waals surface area contributed by atoms with E-state index in [-0.39, 0.29) is 34.1 Å². The Hall–Kier alpha value is -0.200. The van der Waals surface area contributed by atoms with Gasteiger partial charge in [-0.05, 0) is 93.3 Å². The second-order valence-electron chi connectivity index (χ2n) is 15.0. The van der Waals surface area contributed by atoms with Crippen molar-refractivity contribution in [2.45, 2.75) is 141 Å². The van der Waals surface area contributed by atoms with Gasteiger partial charge in [-0.1, -0.05) is 34.1 Å². The number of aliphatic hydroxyl groups is 2. The van der Waals surface area contributed by atoms with Crippen molar-refractivity contribution in [2.75, 3.05) is 6.61 Å². The molecular formula is C30H49NO4. The van der Waals surface area contributed by atoms with Crippen LogP contribution in [-0.2, 0) is 9.47 Å². The third-order valence-electron chi connectivity index (χ3n) is 13.7. The Labute approximate surface area is 212 Å². The smallest absolute Gasteiger partial charge is 0.166 e. The summed E-state index contributed by atoms with van der Waals surface area (Å²) in [6.45, 7) is 12.3. The first kappa shape index (κ1) is 23.9. The molecule has 2 N–H and O–H groups in total. The molecule has 5 heteroatoms. The van der Waals surface area contributed by atoms with Crippen LogP contribution in [0.2, 0.25) is 0 Å². The first-order valence-corrected chi connectivity index (χ1v) is 15.0. The van der Waals surface area contributed by atoms with Gasteiger partial charge < -0.3 is 19.7 Å². The topological polar surface area (TPSA) is 62.2 Å². The molecule has 0 radical (unpaired) electrons. The van der Waals surface area contributed by atoms with Crippen LogP contribution < -0.4 is 0 Å². The Morgan fingerprint density at radius 2 is 1.80 bits per heavy atom. The summed E-state index contributed by atoms with van der Waals surface area (Å²) in [5, 5.41) is 23.7. The van der Waals surface area contributed by atoms with E-state index in [0.717, 1.165) is 25.7 Å². The van der Waals surface area contributed by atoms with Crippen molar-refractivity contribution in [3.8, 4) is 0 Å². The zero-order chi connectivity index (χ0) is 24.6. The van der Waals surface area contributed by atoms with E-state index in [2.05, 4.69) is 39.5 Å². The highest BCUT2D eigenvalue weighted by Crippen LogP contribution is 2.80. The molecule has 0 aromatic heterocycles. The summed E-state index contributed by atoms with van der Waals surface area (Å²) < 4.78 is 12.5. The van der Waals surface area contributed by atoms with Crippen LogP contribution in [0.4, 0.5) is 0 Å². The number of piperidine rings is 2. The Kier molecular flexibility index (Phi) is 4.95. The molecular weight excluding hydrogens is 438 g/mol. The van der Waals surface area contributed by atoms with Crippen LogP contribution in [-0.4, -0.2) is 57.5 Å². The molecule has 2 saturated carbocycles. The van der Waals surface area contributed by atoms with Gasteiger partial charge in [-0.3, -0.25) is 4.90 Å². The number of ether oxygens (including phenoxy) is 2. The SMILES string of the molecule is CC(C)[C@H]1CC[C@@]2(C)[C@@H]3CC[C@]45CCC[C@H]4[C@@]2(CCC(O)[C@]2(C)CO[C@@]4(C)CC[C@@H]2O4)[C@H]1N5[C@H]3O. The molecule has 5 nitrogen and oxygen atoms in total. The van der Waals surface area contributed by atoms with E-state index >= 15 is 0 Å². The number of hydrogen-bond acceptors (Lipinski definition) is 5. The molecule has 5 saturated heterocycles. The fourth-order valence-electron chi connectivity index (χ4n) is 11.9. The number of hydrogen-bond donors (Lipinski definition) is 2. The van der Waals surface area contributed by atoms with Crippen LogP contribution >= 0.6 is 0 Å². The van der Waals surface area contributed by atoms with E-state index < -0.39 is 11.9 Å². The largest absolute Gasteiger partial charge is 0.392 e. The fraction of sp³-hybridized carbons (Fsp3) is 1.00. The average molecular weight is 488 g/mol. The molecule has 7 rings (SSSR count). The van der Waals surface area contributed by atoms with Crippen molar-refractivity contribution in [3.05, 3.63) is 0 Å². The molecule has 5 heterocycles. The van der Waals surface area contributed by atoms with Gasteiger partial charge in [0, 0.05) is 29.3 Å². The van der Waals surface area contributed by atoms with Gasteiger partial charge in [-0.2, -0.15) is 0 Å². The van der Waals surface area contributed by atoms with Gasteiger partial charge in [0.05, 0.1) is 18.8 Å². The van der Waals surface area contributed by atoms with E-state index in [0.29, 0.717) is 36.3 Å². The highest BCUT2D eigenvalue weighted by atomic mass is 16.7. The molecule has 2 aliphatic carbocycles. The maximum Gasteiger partial charge on any atom is 0.166 e. The molecule has 198 valence electrons. The molecule has 0 aromatic rings. The summed E-state index contributed by atoms with van der Waals surface area (Å²) in [6.07, 6.45) is 12.1. The third kappa shape index (κ3) is 2.64. The average Bonchev–Trinajstić information content (AvgIpc) is 3.42. The Morgan fingerprint density at radius 3 is 2.57 bits per heavy atom. The normalized spacial score (nSPS) is 60.9. The molecule has 5 aliphatic heterocycles. The second kappa shape index (κ2) is 7.25. The highest BCUT2D eigenvalue weighted by Gasteiger charge is 2.81. The van der Waals surface area contributed by atoms with Gasteiger partial charge in [-0.15, -0.1) is 0 Å². The van der Waals surface area contributed by atoms with Gasteiger partial charge in [0.2, 0.25) is 0 Å². The van der Waals surface area contributed by atoms with E-state index in [4.69, 9.17) is 9.47 Å². The minimum absolute atomic E-state index is 0.0921. The zero-order valence-corrected chi connectivity index (χ0v) is 22.8. The summed E-state index contributed by atoms with van der Waals surface area (Å²) in [6, 6.07) is 0.465. The van der Waals surface area contributed by atoms with Crippen molar-refractivity contribution in [2.24, 2.45) is 39.9 Å². The van der Waals surface area contributed by atoms with E-state index in [9.17, 15) is 10.2 Å². The second-order valence-corrected chi connectivity index (χ2v) is 15.0. The van der Waals surface area contributed by atoms with E-state index in [1.54, 1.807) is 0 Å². The van der Waals surface area contributed by atoms with Gasteiger partial charge in [0.25, 0.3) is 0 Å². The maximum atomic E-state index is 11.9. The molecule has 35 heavy (non-hydrogen) atoms. The molecule has 1 spiro atoms. The van der Waals surface area contributed by atoms with Gasteiger partial charge in [0.1, 0.15) is 6.23 Å². The Balaban J connectivity index is 1.27. The van der Waals surface area contributed by atoms with Gasteiger partial charge >= 0.3 is 0 Å². The van der Waals surface area contributed by atoms with Crippen LogP contribution in [0.25, 0.3) is 0 Å². The predicted molar refractivity (Wildman–Crippen MR) is 134 cm³/mol. The maximum absolute atomic E-state index is 11.9. The lowest BCUT2D eigenvalue weighted by molar-refractivity contribution is -0.304. The standard InChI is InChI=1S/C30H49NO4/c1-18(2)19-8-13-27(4)20-9-15-29-12-6-7-21(29)30(27,24(19)31(29)25(20)33)16-10-22(32)26(3)17-34-28(5)14-11-23(26)35-28/h18-25,32-33H,6-17H2,1-5H3/t19-,20-,21-,22?,23+,24+,25+,26+,27+,28-,29-,30+/m1/s1. The Bertz CT molecular complexity index is 896. The minimum Gasteiger partial charge on any atom is -0.392 e. The number of rotatable bonds is 5. The van der Waals surface area contributed by atoms with Crippen LogP contribution in [0.3, 0.4) is 0 Å². The molecule has 13 atom stereocenters. The summed E-state index contributed by atoms with van der Waals surface area (Å²) in [5.74, 6) is 1.88. The van der Waals surface area contributed by atoms with Crippen LogP contribution in [0.1, 0.15) is 105 Å². The molecule has 7 aliphatic rings. The van der Waals surface area contributed by atoms with E-state index in [1.165, 1.54) is 44.9 Å². The monoisotopic (exact) mass is 487 g/mol. The van der Waals surface area contributed by atoms with E-state index in [1.807, 2.05) is 0 Å². The first-order chi connectivity index (χ1) is 16.5. The zero-order valence-electron chi connectivity index (χ0n) is 22.8. The van der Waals surface area contributed by atoms with Crippen molar-refractivity contribution in [1.82, 2.24) is 4.90 Å². The van der Waals surface area contributed by atoms with Crippen LogP contribution in [0.5, 0.6) is 0 Å². The number of fused-ring (bicyclic) bond motifs is 4. The fourth-order valence-corrected chi connectivity index (χ4v) is 11.9. The van der Waals surface area contributed by atoms with Crippen LogP contribution in [0, 0.1) is 39.9 Å². The molecule has 2 unspecified atom stereocenters. The Morgan fingerprint density at radius 1 is 1.00 bits per heavy atom. The summed E-state index contributed by atoms with van der Waals surface area (Å²) in [5.41, 5.74) is 0.237. The first-order valence-electron chi connectivity index (χ1n) is 15.0. The third-order valence-corrected chi connectivity index (χ3v) is 13.7. The predicted octanol–water partition coefficient (Wildman–Crippen LogP) is 5.08. The van der Waals surface area contributed by atoms with Crippen LogP contribution in [0.15, 0.2) is 0 Å². The molecule has 7 fully saturated rings. The lowest BCUT2D eigenvalue weighted by atomic mass is 9.42. The lowest BCUT2D eigenvalue weighted by Gasteiger charge is -2.68. The van der Waals surface area contributed by atoms with Crippen molar-refractivity contribution in [1.29, 1.82) is 0 Å². The highest BCUT2D eigenvalue weighted by molar-refractivity contribution is 5.32. The summed E-state index contributed by atoms with van der Waals surface area (Å²) in [4.78, 5) is 2.73. The van der Waals surface area contributed by atoms with Gasteiger partial charge in [0.15, 0.2) is 5.79 Å². The molecule has 7 bridgehead atoms. The quantitative estimate of drug-likeness (QED) is 0.566. The van der Waals surface area contributed by atoms with Crippen molar-refractivity contribution >= 4 is 0 Å². The van der Waals surface area contributed by atoms with Crippen molar-refractivity contribution < 1.29 is 19.7 Å². The molecule has 0 amide bonds.